The number of anilines is 1. The van der Waals surface area contributed by atoms with Crippen molar-refractivity contribution in [2.45, 2.75) is 46.2 Å². The molecule has 0 aliphatic carbocycles. The van der Waals surface area contributed by atoms with E-state index in [1.165, 1.54) is 0 Å². The largest absolute Gasteiger partial charge is 0.383 e. The van der Waals surface area contributed by atoms with Gasteiger partial charge in [-0.15, -0.1) is 0 Å². The second-order valence-corrected chi connectivity index (χ2v) is 5.20. The normalized spacial score (nSPS) is 11.3. The van der Waals surface area contributed by atoms with Gasteiger partial charge in [0.25, 0.3) is 0 Å². The van der Waals surface area contributed by atoms with Crippen LogP contribution >= 0.6 is 0 Å². The van der Waals surface area contributed by atoms with Crippen LogP contribution in [0.2, 0.25) is 0 Å². The van der Waals surface area contributed by atoms with Gasteiger partial charge in [0.05, 0.1) is 24.2 Å². The van der Waals surface area contributed by atoms with Crippen molar-refractivity contribution in [3.63, 3.8) is 0 Å². The van der Waals surface area contributed by atoms with Gasteiger partial charge in [0, 0.05) is 32.2 Å². The molecule has 1 aromatic heterocycles. The molecule has 1 heterocycles. The van der Waals surface area contributed by atoms with E-state index < -0.39 is 0 Å². The van der Waals surface area contributed by atoms with Crippen molar-refractivity contribution in [2.75, 3.05) is 25.6 Å². The molecule has 5 heteroatoms. The minimum atomic E-state index is 0.339. The highest BCUT2D eigenvalue weighted by atomic mass is 16.5. The van der Waals surface area contributed by atoms with E-state index in [1.807, 2.05) is 6.20 Å². The SMILES string of the molecule is COCCNc1cnc(C(C)C)nc1CNC(C)C. The molecule has 108 valence electrons. The van der Waals surface area contributed by atoms with Crippen LogP contribution in [0.5, 0.6) is 0 Å². The van der Waals surface area contributed by atoms with Gasteiger partial charge in [-0.1, -0.05) is 27.7 Å². The van der Waals surface area contributed by atoms with Crippen LogP contribution in [0.25, 0.3) is 0 Å². The van der Waals surface area contributed by atoms with Crippen molar-refractivity contribution in [1.29, 1.82) is 0 Å². The summed E-state index contributed by atoms with van der Waals surface area (Å²) in [6.45, 7) is 10.6. The Hall–Kier alpha value is -1.20. The van der Waals surface area contributed by atoms with E-state index in [0.717, 1.165) is 30.3 Å². The molecule has 0 saturated carbocycles. The van der Waals surface area contributed by atoms with Crippen molar-refractivity contribution in [1.82, 2.24) is 15.3 Å². The number of ether oxygens (including phenoxy) is 1. The number of rotatable bonds is 8. The third-order valence-electron chi connectivity index (χ3n) is 2.70. The van der Waals surface area contributed by atoms with Crippen LogP contribution in [0, 0.1) is 0 Å². The van der Waals surface area contributed by atoms with Crippen molar-refractivity contribution in [2.24, 2.45) is 0 Å². The molecule has 1 aromatic rings. The predicted molar refractivity (Wildman–Crippen MR) is 78.5 cm³/mol. The number of nitrogens with one attached hydrogen (secondary N) is 2. The molecule has 0 radical (unpaired) electrons. The van der Waals surface area contributed by atoms with Gasteiger partial charge >= 0.3 is 0 Å². The maximum absolute atomic E-state index is 5.04. The molecule has 0 aliphatic heterocycles. The number of hydrogen-bond acceptors (Lipinski definition) is 5. The van der Waals surface area contributed by atoms with Crippen molar-refractivity contribution in [3.05, 3.63) is 17.7 Å². The standard InChI is InChI=1S/C14H26N4O/c1-10(2)14-17-8-12(15-6-7-19-5)13(18-14)9-16-11(3)4/h8,10-11,15-16H,6-7,9H2,1-5H3. The molecule has 19 heavy (non-hydrogen) atoms. The molecule has 1 rings (SSSR count). The van der Waals surface area contributed by atoms with Crippen LogP contribution in [0.15, 0.2) is 6.20 Å². The summed E-state index contributed by atoms with van der Waals surface area (Å²) in [5.41, 5.74) is 2.00. The third kappa shape index (κ3) is 5.53. The molecule has 2 N–H and O–H groups in total. The highest BCUT2D eigenvalue weighted by Crippen LogP contribution is 2.16. The van der Waals surface area contributed by atoms with Crippen molar-refractivity contribution < 1.29 is 4.74 Å². The molecule has 0 aliphatic rings. The summed E-state index contributed by atoms with van der Waals surface area (Å²) < 4.78 is 5.04. The smallest absolute Gasteiger partial charge is 0.131 e. The van der Waals surface area contributed by atoms with Gasteiger partial charge < -0.3 is 15.4 Å². The van der Waals surface area contributed by atoms with Gasteiger partial charge in [0.15, 0.2) is 0 Å². The Labute approximate surface area is 116 Å². The van der Waals surface area contributed by atoms with E-state index in [-0.39, 0.29) is 0 Å². The fourth-order valence-corrected chi connectivity index (χ4v) is 1.58. The van der Waals surface area contributed by atoms with E-state index in [1.54, 1.807) is 7.11 Å². The predicted octanol–water partition coefficient (Wildman–Crippen LogP) is 2.16. The van der Waals surface area contributed by atoms with Crippen molar-refractivity contribution >= 4 is 5.69 Å². The summed E-state index contributed by atoms with van der Waals surface area (Å²) in [5, 5.41) is 6.71. The Morgan fingerprint density at radius 1 is 1.26 bits per heavy atom. The summed E-state index contributed by atoms with van der Waals surface area (Å²) in [5.74, 6) is 1.23. The van der Waals surface area contributed by atoms with Crippen LogP contribution in [0.4, 0.5) is 5.69 Å². The summed E-state index contributed by atoms with van der Waals surface area (Å²) in [6.07, 6.45) is 1.87. The van der Waals surface area contributed by atoms with Crippen LogP contribution in [-0.4, -0.2) is 36.3 Å². The number of nitrogens with zero attached hydrogens (tertiary/aromatic N) is 2. The Kier molecular flexibility index (Phi) is 6.73. The van der Waals surface area contributed by atoms with Gasteiger partial charge in [-0.3, -0.25) is 0 Å². The molecule has 0 saturated heterocycles. The minimum Gasteiger partial charge on any atom is -0.383 e. The van der Waals surface area contributed by atoms with Gasteiger partial charge in [-0.05, 0) is 0 Å². The molecule has 0 bridgehead atoms. The van der Waals surface area contributed by atoms with E-state index in [4.69, 9.17) is 4.74 Å². The van der Waals surface area contributed by atoms with Gasteiger partial charge in [0.1, 0.15) is 5.82 Å². The zero-order chi connectivity index (χ0) is 14.3. The Balaban J connectivity index is 2.81. The lowest BCUT2D eigenvalue weighted by Crippen LogP contribution is -2.24. The van der Waals surface area contributed by atoms with Crippen LogP contribution in [0.1, 0.15) is 45.1 Å². The van der Waals surface area contributed by atoms with Crippen molar-refractivity contribution in [3.8, 4) is 0 Å². The van der Waals surface area contributed by atoms with Gasteiger partial charge in [-0.2, -0.15) is 0 Å². The van der Waals surface area contributed by atoms with Gasteiger partial charge in [0.2, 0.25) is 0 Å². The van der Waals surface area contributed by atoms with Gasteiger partial charge in [-0.25, -0.2) is 9.97 Å². The number of hydrogen-bond donors (Lipinski definition) is 2. The Bertz CT molecular complexity index is 380. The maximum atomic E-state index is 5.04. The zero-order valence-electron chi connectivity index (χ0n) is 12.7. The first-order chi connectivity index (χ1) is 9.04. The highest BCUT2D eigenvalue weighted by Gasteiger charge is 2.09. The lowest BCUT2D eigenvalue weighted by molar-refractivity contribution is 0.210. The van der Waals surface area contributed by atoms with E-state index >= 15 is 0 Å². The first kappa shape index (κ1) is 15.9. The molecule has 5 nitrogen and oxygen atoms in total. The molecule has 0 amide bonds. The average Bonchev–Trinajstić information content (AvgIpc) is 2.37. The molecule has 0 atom stereocenters. The Morgan fingerprint density at radius 2 is 2.00 bits per heavy atom. The Morgan fingerprint density at radius 3 is 2.58 bits per heavy atom. The lowest BCUT2D eigenvalue weighted by atomic mass is 10.2. The fourth-order valence-electron chi connectivity index (χ4n) is 1.58. The first-order valence-electron chi connectivity index (χ1n) is 6.86. The number of methoxy groups -OCH3 is 1. The molecule has 0 fully saturated rings. The monoisotopic (exact) mass is 266 g/mol. The first-order valence-corrected chi connectivity index (χ1v) is 6.86. The fraction of sp³-hybridized carbons (Fsp3) is 0.714. The maximum Gasteiger partial charge on any atom is 0.131 e. The number of aromatic nitrogens is 2. The van der Waals surface area contributed by atoms with E-state index in [2.05, 4.69) is 48.3 Å². The molecule has 0 spiro atoms. The molecule has 0 unspecified atom stereocenters. The summed E-state index contributed by atoms with van der Waals surface area (Å²) >= 11 is 0. The van der Waals surface area contributed by atoms with E-state index in [0.29, 0.717) is 18.6 Å². The third-order valence-corrected chi connectivity index (χ3v) is 2.70. The molecular weight excluding hydrogens is 240 g/mol. The lowest BCUT2D eigenvalue weighted by Gasteiger charge is -2.15. The minimum absolute atomic E-state index is 0.339. The van der Waals surface area contributed by atoms with Crippen LogP contribution < -0.4 is 10.6 Å². The summed E-state index contributed by atoms with van der Waals surface area (Å²) in [6, 6.07) is 0.435. The summed E-state index contributed by atoms with van der Waals surface area (Å²) in [7, 11) is 1.70. The van der Waals surface area contributed by atoms with Crippen LogP contribution in [-0.2, 0) is 11.3 Å². The summed E-state index contributed by atoms with van der Waals surface area (Å²) in [4.78, 5) is 9.05. The zero-order valence-corrected chi connectivity index (χ0v) is 12.7. The molecular formula is C14H26N4O. The average molecular weight is 266 g/mol. The second kappa shape index (κ2) is 8.07. The topological polar surface area (TPSA) is 59.1 Å². The molecule has 0 aromatic carbocycles. The van der Waals surface area contributed by atoms with E-state index in [9.17, 15) is 0 Å². The van der Waals surface area contributed by atoms with Crippen LogP contribution in [0.3, 0.4) is 0 Å². The highest BCUT2D eigenvalue weighted by molar-refractivity contribution is 5.46. The quantitative estimate of drug-likeness (QED) is 0.706. The second-order valence-electron chi connectivity index (χ2n) is 5.20.